The lowest BCUT2D eigenvalue weighted by molar-refractivity contribution is 0.0725. The highest BCUT2D eigenvalue weighted by Gasteiger charge is 2.30. The fourth-order valence-corrected chi connectivity index (χ4v) is 2.71. The first-order valence-corrected chi connectivity index (χ1v) is 6.69. The van der Waals surface area contributed by atoms with Crippen molar-refractivity contribution in [3.8, 4) is 0 Å². The molecule has 1 fully saturated rings. The quantitative estimate of drug-likeness (QED) is 0.700. The van der Waals surface area contributed by atoms with E-state index in [9.17, 15) is 9.59 Å². The zero-order valence-electron chi connectivity index (χ0n) is 11.2. The van der Waals surface area contributed by atoms with E-state index in [-0.39, 0.29) is 12.1 Å². The van der Waals surface area contributed by atoms with Crippen LogP contribution in [0.15, 0.2) is 27.8 Å². The van der Waals surface area contributed by atoms with Crippen LogP contribution in [0, 0.1) is 5.92 Å². The molecule has 1 saturated heterocycles. The molecule has 6 nitrogen and oxygen atoms in total. The van der Waals surface area contributed by atoms with Crippen LogP contribution in [0.1, 0.15) is 24.9 Å². The average molecular weight is 275 g/mol. The minimum absolute atomic E-state index is 0.0121. The van der Waals surface area contributed by atoms with Gasteiger partial charge >= 0.3 is 11.1 Å². The Kier molecular flexibility index (Phi) is 3.19. The van der Waals surface area contributed by atoms with E-state index < -0.39 is 11.1 Å². The predicted molar refractivity (Wildman–Crippen MR) is 75.6 cm³/mol. The maximum Gasteiger partial charge on any atom is 0.314 e. The molecule has 0 spiro atoms. The fraction of sp³-hybridized carbons (Fsp3) is 0.429. The van der Waals surface area contributed by atoms with Crippen molar-refractivity contribution in [3.05, 3.63) is 44.5 Å². The Morgan fingerprint density at radius 1 is 1.25 bits per heavy atom. The van der Waals surface area contributed by atoms with Crippen molar-refractivity contribution in [2.24, 2.45) is 11.7 Å². The van der Waals surface area contributed by atoms with Crippen molar-refractivity contribution in [1.82, 2.24) is 9.97 Å². The molecule has 0 aliphatic carbocycles. The van der Waals surface area contributed by atoms with Gasteiger partial charge in [-0.3, -0.25) is 9.59 Å². The van der Waals surface area contributed by atoms with Crippen molar-refractivity contribution in [2.75, 3.05) is 6.61 Å². The third kappa shape index (κ3) is 2.17. The maximum absolute atomic E-state index is 11.4. The predicted octanol–water partition coefficient (Wildman–Crippen LogP) is 0.641. The molecule has 3 unspecified atom stereocenters. The number of fused-ring (bicyclic) bond motifs is 1. The summed E-state index contributed by atoms with van der Waals surface area (Å²) in [6, 6.07) is 5.16. The minimum Gasteiger partial charge on any atom is -0.376 e. The molecule has 1 aromatic carbocycles. The molecule has 1 aromatic heterocycles. The number of ether oxygens (including phenoxy) is 1. The molecule has 3 atom stereocenters. The van der Waals surface area contributed by atoms with Crippen molar-refractivity contribution in [2.45, 2.75) is 25.5 Å². The van der Waals surface area contributed by atoms with Gasteiger partial charge in [-0.05, 0) is 30.0 Å². The Labute approximate surface area is 115 Å². The highest BCUT2D eigenvalue weighted by atomic mass is 16.5. The molecule has 6 heteroatoms. The number of nitrogens with two attached hydrogens (primary N) is 1. The number of H-pyrrole nitrogens is 2. The first-order valence-electron chi connectivity index (χ1n) is 6.69. The van der Waals surface area contributed by atoms with Gasteiger partial charge in [0.15, 0.2) is 0 Å². The van der Waals surface area contributed by atoms with E-state index in [0.29, 0.717) is 17.0 Å². The normalized spacial score (nSPS) is 24.1. The SMILES string of the molecule is CC1CCOC1C(N)c1ccc2[nH]c(=O)c(=O)[nH]c2c1. The van der Waals surface area contributed by atoms with E-state index in [0.717, 1.165) is 18.6 Å². The Morgan fingerprint density at radius 2 is 1.95 bits per heavy atom. The van der Waals surface area contributed by atoms with Crippen LogP contribution in [0.25, 0.3) is 11.0 Å². The van der Waals surface area contributed by atoms with Gasteiger partial charge in [0.05, 0.1) is 23.2 Å². The lowest BCUT2D eigenvalue weighted by Gasteiger charge is -2.22. The first kappa shape index (κ1) is 13.1. The third-order valence-corrected chi connectivity index (χ3v) is 3.93. The number of hydrogen-bond donors (Lipinski definition) is 3. The van der Waals surface area contributed by atoms with E-state index in [4.69, 9.17) is 10.5 Å². The van der Waals surface area contributed by atoms with Gasteiger partial charge < -0.3 is 20.4 Å². The second-order valence-corrected chi connectivity index (χ2v) is 5.34. The average Bonchev–Trinajstić information content (AvgIpc) is 2.85. The second kappa shape index (κ2) is 4.88. The second-order valence-electron chi connectivity index (χ2n) is 5.34. The van der Waals surface area contributed by atoms with E-state index >= 15 is 0 Å². The summed E-state index contributed by atoms with van der Waals surface area (Å²) in [4.78, 5) is 27.7. The van der Waals surface area contributed by atoms with E-state index in [1.54, 1.807) is 12.1 Å². The molecular formula is C14H17N3O3. The Balaban J connectivity index is 2.02. The van der Waals surface area contributed by atoms with Gasteiger partial charge in [0.1, 0.15) is 0 Å². The number of aromatic nitrogens is 2. The van der Waals surface area contributed by atoms with Gasteiger partial charge in [0.2, 0.25) is 0 Å². The van der Waals surface area contributed by atoms with Gasteiger partial charge in [-0.15, -0.1) is 0 Å². The molecule has 4 N–H and O–H groups in total. The van der Waals surface area contributed by atoms with E-state index in [2.05, 4.69) is 16.9 Å². The number of hydrogen-bond acceptors (Lipinski definition) is 4. The molecule has 0 saturated carbocycles. The van der Waals surface area contributed by atoms with Crippen LogP contribution in [0.2, 0.25) is 0 Å². The summed E-state index contributed by atoms with van der Waals surface area (Å²) >= 11 is 0. The number of rotatable bonds is 2. The lowest BCUT2D eigenvalue weighted by atomic mass is 9.93. The van der Waals surface area contributed by atoms with Crippen molar-refractivity contribution in [3.63, 3.8) is 0 Å². The molecule has 3 rings (SSSR count). The summed E-state index contributed by atoms with van der Waals surface area (Å²) in [5.41, 5.74) is 7.01. The summed E-state index contributed by atoms with van der Waals surface area (Å²) < 4.78 is 5.68. The molecule has 106 valence electrons. The van der Waals surface area contributed by atoms with Gasteiger partial charge in [-0.2, -0.15) is 0 Å². The molecule has 0 bridgehead atoms. The standard InChI is InChI=1S/C14H17N3O3/c1-7-4-5-20-12(7)11(15)8-2-3-9-10(6-8)17-14(19)13(18)16-9/h2-3,6-7,11-12H,4-5,15H2,1H3,(H,16,18)(H,17,19). The number of benzene rings is 1. The maximum atomic E-state index is 11.4. The summed E-state index contributed by atoms with van der Waals surface area (Å²) in [6.07, 6.45) is 0.998. The minimum atomic E-state index is -0.659. The topological polar surface area (TPSA) is 101 Å². The molecule has 1 aliphatic heterocycles. The third-order valence-electron chi connectivity index (χ3n) is 3.93. The number of nitrogens with one attached hydrogen (secondary N) is 2. The number of aromatic amines is 2. The molecule has 0 radical (unpaired) electrons. The van der Waals surface area contributed by atoms with Gasteiger partial charge in [-0.1, -0.05) is 13.0 Å². The lowest BCUT2D eigenvalue weighted by Crippen LogP contribution is -2.31. The van der Waals surface area contributed by atoms with Crippen molar-refractivity contribution < 1.29 is 4.74 Å². The van der Waals surface area contributed by atoms with Crippen LogP contribution in [0.3, 0.4) is 0 Å². The molecule has 2 heterocycles. The molecule has 20 heavy (non-hydrogen) atoms. The largest absolute Gasteiger partial charge is 0.376 e. The fourth-order valence-electron chi connectivity index (χ4n) is 2.71. The smallest absolute Gasteiger partial charge is 0.314 e. The first-order chi connectivity index (χ1) is 9.56. The summed E-state index contributed by atoms with van der Waals surface area (Å²) in [7, 11) is 0. The highest BCUT2D eigenvalue weighted by molar-refractivity contribution is 5.74. The molecule has 1 aliphatic rings. The zero-order chi connectivity index (χ0) is 14.3. The summed E-state index contributed by atoms with van der Waals surface area (Å²) in [6.45, 7) is 2.86. The summed E-state index contributed by atoms with van der Waals surface area (Å²) in [5.74, 6) is 0.412. The van der Waals surface area contributed by atoms with Crippen LogP contribution in [-0.2, 0) is 4.74 Å². The monoisotopic (exact) mass is 275 g/mol. The van der Waals surface area contributed by atoms with Gasteiger partial charge in [-0.25, -0.2) is 0 Å². The van der Waals surface area contributed by atoms with Crippen LogP contribution in [-0.4, -0.2) is 22.7 Å². The molecular weight excluding hydrogens is 258 g/mol. The Bertz CT molecular complexity index is 749. The van der Waals surface area contributed by atoms with Crippen molar-refractivity contribution >= 4 is 11.0 Å². The van der Waals surface area contributed by atoms with Gasteiger partial charge in [0.25, 0.3) is 0 Å². The molecule has 0 amide bonds. The van der Waals surface area contributed by atoms with Crippen LogP contribution >= 0.6 is 0 Å². The van der Waals surface area contributed by atoms with Crippen molar-refractivity contribution in [1.29, 1.82) is 0 Å². The van der Waals surface area contributed by atoms with Gasteiger partial charge in [0, 0.05) is 6.61 Å². The van der Waals surface area contributed by atoms with Crippen LogP contribution < -0.4 is 16.9 Å². The molecule has 2 aromatic rings. The Hall–Kier alpha value is -1.92. The zero-order valence-corrected chi connectivity index (χ0v) is 11.2. The summed E-state index contributed by atoms with van der Waals surface area (Å²) in [5, 5.41) is 0. The highest BCUT2D eigenvalue weighted by Crippen LogP contribution is 2.30. The van der Waals surface area contributed by atoms with Crippen LogP contribution in [0.4, 0.5) is 0 Å². The van der Waals surface area contributed by atoms with E-state index in [1.807, 2.05) is 6.07 Å². The van der Waals surface area contributed by atoms with Crippen LogP contribution in [0.5, 0.6) is 0 Å². The van der Waals surface area contributed by atoms with E-state index in [1.165, 1.54) is 0 Å². The Morgan fingerprint density at radius 3 is 2.60 bits per heavy atom.